The Balaban J connectivity index is 1.91. The second-order valence-electron chi connectivity index (χ2n) is 5.15. The van der Waals surface area contributed by atoms with E-state index in [1.807, 2.05) is 6.92 Å². The number of piperidine rings is 1. The van der Waals surface area contributed by atoms with Gasteiger partial charge in [-0.3, -0.25) is 0 Å². The summed E-state index contributed by atoms with van der Waals surface area (Å²) in [5.41, 5.74) is 0. The molecule has 1 saturated heterocycles. The van der Waals surface area contributed by atoms with Crippen LogP contribution in [0, 0.1) is 5.92 Å². The SMILES string of the molecule is CCNc1nc(N2CCC(CO)CC2)c2ccsc2n1. The molecule has 0 spiro atoms. The van der Waals surface area contributed by atoms with E-state index in [2.05, 4.69) is 31.6 Å². The first-order valence-corrected chi connectivity index (χ1v) is 8.04. The number of hydrogen-bond donors (Lipinski definition) is 2. The van der Waals surface area contributed by atoms with Crippen LogP contribution in [-0.4, -0.2) is 41.3 Å². The zero-order valence-electron chi connectivity index (χ0n) is 11.7. The first-order valence-electron chi connectivity index (χ1n) is 7.16. The van der Waals surface area contributed by atoms with Crippen LogP contribution < -0.4 is 10.2 Å². The maximum atomic E-state index is 9.25. The van der Waals surface area contributed by atoms with Gasteiger partial charge in [0.15, 0.2) is 0 Å². The summed E-state index contributed by atoms with van der Waals surface area (Å²) in [5.74, 6) is 2.18. The minimum absolute atomic E-state index is 0.300. The summed E-state index contributed by atoms with van der Waals surface area (Å²) in [6, 6.07) is 2.10. The average molecular weight is 292 g/mol. The van der Waals surface area contributed by atoms with Gasteiger partial charge in [0.05, 0.1) is 5.39 Å². The highest BCUT2D eigenvalue weighted by molar-refractivity contribution is 7.16. The Kier molecular flexibility index (Phi) is 4.03. The summed E-state index contributed by atoms with van der Waals surface area (Å²) in [4.78, 5) is 12.6. The number of fused-ring (bicyclic) bond motifs is 1. The third-order valence-corrected chi connectivity index (χ3v) is 4.62. The van der Waals surface area contributed by atoms with Crippen molar-refractivity contribution in [3.05, 3.63) is 11.4 Å². The Hall–Kier alpha value is -1.40. The molecule has 5 nitrogen and oxygen atoms in total. The largest absolute Gasteiger partial charge is 0.396 e. The van der Waals surface area contributed by atoms with Crippen LogP contribution in [-0.2, 0) is 0 Å². The highest BCUT2D eigenvalue weighted by atomic mass is 32.1. The second-order valence-corrected chi connectivity index (χ2v) is 6.05. The van der Waals surface area contributed by atoms with E-state index in [1.165, 1.54) is 0 Å². The molecule has 0 radical (unpaired) electrons. The molecule has 0 saturated carbocycles. The van der Waals surface area contributed by atoms with Gasteiger partial charge in [-0.05, 0) is 37.1 Å². The minimum atomic E-state index is 0.300. The van der Waals surface area contributed by atoms with Crippen molar-refractivity contribution in [1.82, 2.24) is 9.97 Å². The first kappa shape index (κ1) is 13.6. The molecule has 0 amide bonds. The van der Waals surface area contributed by atoms with Crippen LogP contribution in [0.4, 0.5) is 11.8 Å². The standard InChI is InChI=1S/C14H20N4OS/c1-2-15-14-16-12(11-5-8-20-13(11)17-14)18-6-3-10(9-19)4-7-18/h5,8,10,19H,2-4,6-7,9H2,1H3,(H,15,16,17). The van der Waals surface area contributed by atoms with Crippen LogP contribution in [0.2, 0.25) is 0 Å². The number of nitrogens with zero attached hydrogens (tertiary/aromatic N) is 3. The number of aliphatic hydroxyl groups excluding tert-OH is 1. The summed E-state index contributed by atoms with van der Waals surface area (Å²) >= 11 is 1.65. The van der Waals surface area contributed by atoms with Crippen molar-refractivity contribution in [2.24, 2.45) is 5.92 Å². The number of nitrogens with one attached hydrogen (secondary N) is 1. The summed E-state index contributed by atoms with van der Waals surface area (Å²) in [6.07, 6.45) is 2.06. The molecule has 0 aromatic carbocycles. The molecule has 1 fully saturated rings. The third-order valence-electron chi connectivity index (χ3n) is 3.81. The van der Waals surface area contributed by atoms with Gasteiger partial charge in [-0.2, -0.15) is 4.98 Å². The van der Waals surface area contributed by atoms with Crippen molar-refractivity contribution in [3.63, 3.8) is 0 Å². The van der Waals surface area contributed by atoms with Gasteiger partial charge in [0.25, 0.3) is 0 Å². The monoisotopic (exact) mass is 292 g/mol. The molecule has 2 aromatic heterocycles. The lowest BCUT2D eigenvalue weighted by Crippen LogP contribution is -2.35. The maximum absolute atomic E-state index is 9.25. The fraction of sp³-hybridized carbons (Fsp3) is 0.571. The van der Waals surface area contributed by atoms with E-state index in [1.54, 1.807) is 11.3 Å². The minimum Gasteiger partial charge on any atom is -0.396 e. The van der Waals surface area contributed by atoms with Crippen LogP contribution in [0.25, 0.3) is 10.2 Å². The van der Waals surface area contributed by atoms with Gasteiger partial charge in [-0.15, -0.1) is 11.3 Å². The zero-order chi connectivity index (χ0) is 13.9. The van der Waals surface area contributed by atoms with Gasteiger partial charge in [-0.1, -0.05) is 0 Å². The topological polar surface area (TPSA) is 61.3 Å². The van der Waals surface area contributed by atoms with E-state index in [0.29, 0.717) is 18.5 Å². The van der Waals surface area contributed by atoms with E-state index < -0.39 is 0 Å². The molecule has 0 aliphatic carbocycles. The van der Waals surface area contributed by atoms with Gasteiger partial charge in [0.1, 0.15) is 10.6 Å². The molecule has 0 bridgehead atoms. The second kappa shape index (κ2) is 5.93. The number of hydrogen-bond acceptors (Lipinski definition) is 6. The average Bonchev–Trinajstić information content (AvgIpc) is 2.95. The lowest BCUT2D eigenvalue weighted by molar-refractivity contribution is 0.203. The maximum Gasteiger partial charge on any atom is 0.226 e. The van der Waals surface area contributed by atoms with Crippen molar-refractivity contribution in [3.8, 4) is 0 Å². The Morgan fingerprint density at radius 1 is 1.40 bits per heavy atom. The Morgan fingerprint density at radius 3 is 2.90 bits per heavy atom. The summed E-state index contributed by atoms with van der Waals surface area (Å²) in [7, 11) is 0. The van der Waals surface area contributed by atoms with Crippen molar-refractivity contribution >= 4 is 33.3 Å². The van der Waals surface area contributed by atoms with Crippen LogP contribution in [0.1, 0.15) is 19.8 Å². The number of aliphatic hydroxyl groups is 1. The molecule has 0 unspecified atom stereocenters. The van der Waals surface area contributed by atoms with Crippen LogP contribution >= 0.6 is 11.3 Å². The van der Waals surface area contributed by atoms with E-state index in [-0.39, 0.29) is 0 Å². The summed E-state index contributed by atoms with van der Waals surface area (Å²) in [6.45, 7) is 5.09. The lowest BCUT2D eigenvalue weighted by Gasteiger charge is -2.32. The number of anilines is 2. The quantitative estimate of drug-likeness (QED) is 0.905. The number of rotatable bonds is 4. The van der Waals surface area contributed by atoms with Crippen molar-refractivity contribution in [1.29, 1.82) is 0 Å². The predicted molar refractivity (Wildman–Crippen MR) is 83.6 cm³/mol. The fourth-order valence-corrected chi connectivity index (χ4v) is 3.40. The number of aromatic nitrogens is 2. The van der Waals surface area contributed by atoms with Crippen LogP contribution in [0.15, 0.2) is 11.4 Å². The molecule has 6 heteroatoms. The van der Waals surface area contributed by atoms with E-state index in [0.717, 1.165) is 48.5 Å². The highest BCUT2D eigenvalue weighted by Gasteiger charge is 2.22. The molecule has 20 heavy (non-hydrogen) atoms. The lowest BCUT2D eigenvalue weighted by atomic mass is 9.98. The van der Waals surface area contributed by atoms with E-state index in [9.17, 15) is 5.11 Å². The molecule has 2 N–H and O–H groups in total. The predicted octanol–water partition coefficient (Wildman–Crippen LogP) is 2.33. The van der Waals surface area contributed by atoms with Gasteiger partial charge in [0.2, 0.25) is 5.95 Å². The molecule has 2 aromatic rings. The molecular weight excluding hydrogens is 272 g/mol. The molecule has 3 rings (SSSR count). The van der Waals surface area contributed by atoms with Crippen molar-refractivity contribution in [2.45, 2.75) is 19.8 Å². The van der Waals surface area contributed by atoms with E-state index >= 15 is 0 Å². The Labute approximate surface area is 122 Å². The Bertz CT molecular complexity index is 578. The molecule has 3 heterocycles. The van der Waals surface area contributed by atoms with Crippen molar-refractivity contribution in [2.75, 3.05) is 36.5 Å². The van der Waals surface area contributed by atoms with Gasteiger partial charge in [0, 0.05) is 26.2 Å². The van der Waals surface area contributed by atoms with Crippen molar-refractivity contribution < 1.29 is 5.11 Å². The zero-order valence-corrected chi connectivity index (χ0v) is 12.5. The number of thiophene rings is 1. The molecule has 108 valence electrons. The first-order chi connectivity index (χ1) is 9.81. The summed E-state index contributed by atoms with van der Waals surface area (Å²) in [5, 5.41) is 15.7. The molecular formula is C14H20N4OS. The van der Waals surface area contributed by atoms with E-state index in [4.69, 9.17) is 0 Å². The van der Waals surface area contributed by atoms with Gasteiger partial charge >= 0.3 is 0 Å². The fourth-order valence-electron chi connectivity index (χ4n) is 2.65. The van der Waals surface area contributed by atoms with Gasteiger partial charge < -0.3 is 15.3 Å². The van der Waals surface area contributed by atoms with Crippen LogP contribution in [0.3, 0.4) is 0 Å². The highest BCUT2D eigenvalue weighted by Crippen LogP contribution is 2.31. The normalized spacial score (nSPS) is 16.8. The molecule has 0 atom stereocenters. The van der Waals surface area contributed by atoms with Gasteiger partial charge in [-0.25, -0.2) is 4.98 Å². The summed E-state index contributed by atoms with van der Waals surface area (Å²) < 4.78 is 0. The molecule has 1 aliphatic heterocycles. The smallest absolute Gasteiger partial charge is 0.226 e. The van der Waals surface area contributed by atoms with Crippen LogP contribution in [0.5, 0.6) is 0 Å². The Morgan fingerprint density at radius 2 is 2.20 bits per heavy atom. The molecule has 1 aliphatic rings. The third kappa shape index (κ3) is 2.58.